The molecular formula is C10H20O2V. The van der Waals surface area contributed by atoms with E-state index in [4.69, 9.17) is 5.11 Å². The topological polar surface area (TPSA) is 37.3 Å². The molecule has 0 fully saturated rings. The maximum absolute atomic E-state index is 10.1. The van der Waals surface area contributed by atoms with Crippen molar-refractivity contribution in [1.29, 1.82) is 0 Å². The summed E-state index contributed by atoms with van der Waals surface area (Å²) < 4.78 is 0. The molecule has 0 rings (SSSR count). The van der Waals surface area contributed by atoms with Gasteiger partial charge in [-0.2, -0.15) is 0 Å². The fourth-order valence-electron chi connectivity index (χ4n) is 1.23. The van der Waals surface area contributed by atoms with E-state index in [0.717, 1.165) is 12.8 Å². The summed E-state index contributed by atoms with van der Waals surface area (Å²) in [6.45, 7) is 2.20. The van der Waals surface area contributed by atoms with Gasteiger partial charge in [0, 0.05) is 25.0 Å². The van der Waals surface area contributed by atoms with Gasteiger partial charge in [-0.25, -0.2) is 0 Å². The Morgan fingerprint density at radius 1 is 1.00 bits per heavy atom. The largest absolute Gasteiger partial charge is 0.481 e. The molecule has 0 aromatic carbocycles. The summed E-state index contributed by atoms with van der Waals surface area (Å²) in [6, 6.07) is 0. The van der Waals surface area contributed by atoms with Crippen LogP contribution in [0.5, 0.6) is 0 Å². The fraction of sp³-hybridized carbons (Fsp3) is 0.900. The molecule has 1 N–H and O–H groups in total. The Morgan fingerprint density at radius 3 is 1.92 bits per heavy atom. The Balaban J connectivity index is 0. The second-order valence-corrected chi connectivity index (χ2v) is 3.27. The van der Waals surface area contributed by atoms with Crippen LogP contribution < -0.4 is 0 Å². The summed E-state index contributed by atoms with van der Waals surface area (Å²) in [7, 11) is 0. The molecule has 1 radical (unpaired) electrons. The maximum atomic E-state index is 10.1. The minimum atomic E-state index is -0.663. The number of unbranched alkanes of at least 4 members (excludes halogenated alkanes) is 6. The molecule has 0 aliphatic heterocycles. The van der Waals surface area contributed by atoms with Gasteiger partial charge in [-0.1, -0.05) is 45.4 Å². The van der Waals surface area contributed by atoms with Crippen molar-refractivity contribution in [3.8, 4) is 0 Å². The van der Waals surface area contributed by atoms with Crippen LogP contribution in [0.15, 0.2) is 0 Å². The van der Waals surface area contributed by atoms with Gasteiger partial charge < -0.3 is 5.11 Å². The molecule has 0 spiro atoms. The first-order chi connectivity index (χ1) is 5.77. The molecule has 77 valence electrons. The predicted molar refractivity (Wildman–Crippen MR) is 50.2 cm³/mol. The summed E-state index contributed by atoms with van der Waals surface area (Å²) in [5.41, 5.74) is 0. The molecule has 13 heavy (non-hydrogen) atoms. The normalized spacial score (nSPS) is 9.31. The molecule has 0 aromatic rings. The Morgan fingerprint density at radius 2 is 1.46 bits per heavy atom. The van der Waals surface area contributed by atoms with E-state index in [1.807, 2.05) is 0 Å². The standard InChI is InChI=1S/C10H20O2.V/c1-2-3-4-5-6-7-8-9-10(11)12;/h2-9H2,1H3,(H,11,12);. The van der Waals surface area contributed by atoms with Gasteiger partial charge in [0.25, 0.3) is 0 Å². The van der Waals surface area contributed by atoms with E-state index < -0.39 is 5.97 Å². The zero-order chi connectivity index (χ0) is 9.23. The zero-order valence-corrected chi connectivity index (χ0v) is 9.86. The van der Waals surface area contributed by atoms with Crippen molar-refractivity contribution in [2.24, 2.45) is 0 Å². The number of aliphatic carboxylic acids is 1. The van der Waals surface area contributed by atoms with Gasteiger partial charge in [-0.05, 0) is 6.42 Å². The molecule has 0 bridgehead atoms. The summed E-state index contributed by atoms with van der Waals surface area (Å²) in [5, 5.41) is 8.35. The minimum Gasteiger partial charge on any atom is -0.481 e. The molecule has 0 heterocycles. The van der Waals surface area contributed by atoms with Crippen molar-refractivity contribution < 1.29 is 28.5 Å². The van der Waals surface area contributed by atoms with Crippen LogP contribution in [0.1, 0.15) is 58.3 Å². The van der Waals surface area contributed by atoms with Gasteiger partial charge in [0.2, 0.25) is 0 Å². The van der Waals surface area contributed by atoms with Crippen molar-refractivity contribution in [2.75, 3.05) is 0 Å². The number of hydrogen-bond acceptors (Lipinski definition) is 1. The van der Waals surface area contributed by atoms with Gasteiger partial charge in [0.05, 0.1) is 0 Å². The van der Waals surface area contributed by atoms with E-state index in [9.17, 15) is 4.79 Å². The van der Waals surface area contributed by atoms with Crippen LogP contribution in [0.2, 0.25) is 0 Å². The molecular weight excluding hydrogens is 203 g/mol. The van der Waals surface area contributed by atoms with Gasteiger partial charge in [0.1, 0.15) is 0 Å². The van der Waals surface area contributed by atoms with E-state index >= 15 is 0 Å². The van der Waals surface area contributed by atoms with Gasteiger partial charge in [-0.15, -0.1) is 0 Å². The van der Waals surface area contributed by atoms with Crippen molar-refractivity contribution >= 4 is 5.97 Å². The molecule has 0 aromatic heterocycles. The van der Waals surface area contributed by atoms with Crippen molar-refractivity contribution in [3.05, 3.63) is 0 Å². The Bertz CT molecular complexity index is 115. The summed E-state index contributed by atoms with van der Waals surface area (Å²) >= 11 is 0. The number of carboxylic acid groups (broad SMARTS) is 1. The molecule has 0 aliphatic carbocycles. The van der Waals surface area contributed by atoms with Crippen LogP contribution in [0, 0.1) is 0 Å². The van der Waals surface area contributed by atoms with E-state index in [1.165, 1.54) is 32.1 Å². The average molecular weight is 223 g/mol. The van der Waals surface area contributed by atoms with Crippen LogP contribution in [-0.4, -0.2) is 11.1 Å². The first-order valence-electron chi connectivity index (χ1n) is 4.99. The summed E-state index contributed by atoms with van der Waals surface area (Å²) in [5.74, 6) is -0.663. The Hall–Kier alpha value is 0.0544. The quantitative estimate of drug-likeness (QED) is 0.641. The third-order valence-corrected chi connectivity index (χ3v) is 1.99. The first kappa shape index (κ1) is 15.5. The summed E-state index contributed by atoms with van der Waals surface area (Å²) in [6.07, 6.45) is 8.64. The van der Waals surface area contributed by atoms with Crippen LogP contribution in [-0.2, 0) is 23.4 Å². The van der Waals surface area contributed by atoms with Gasteiger partial charge >= 0.3 is 5.97 Å². The maximum Gasteiger partial charge on any atom is 0.303 e. The molecule has 0 amide bonds. The second-order valence-electron chi connectivity index (χ2n) is 3.27. The number of rotatable bonds is 8. The van der Waals surface area contributed by atoms with Crippen molar-refractivity contribution in [1.82, 2.24) is 0 Å². The van der Waals surface area contributed by atoms with Crippen LogP contribution in [0.25, 0.3) is 0 Å². The van der Waals surface area contributed by atoms with Gasteiger partial charge in [-0.3, -0.25) is 4.79 Å². The molecule has 0 aliphatic rings. The number of carbonyl (C=O) groups is 1. The third kappa shape index (κ3) is 14.9. The third-order valence-electron chi connectivity index (χ3n) is 1.99. The minimum absolute atomic E-state index is 0. The van der Waals surface area contributed by atoms with Crippen LogP contribution >= 0.6 is 0 Å². The SMILES string of the molecule is CCCCCCCCCC(=O)O.[V]. The molecule has 0 saturated carbocycles. The average Bonchev–Trinajstić information content (AvgIpc) is 2.02. The van der Waals surface area contributed by atoms with Gasteiger partial charge in [0.15, 0.2) is 0 Å². The first-order valence-corrected chi connectivity index (χ1v) is 4.99. The van der Waals surface area contributed by atoms with Crippen molar-refractivity contribution in [2.45, 2.75) is 58.3 Å². The molecule has 0 unspecified atom stereocenters. The Labute approximate surface area is 93.0 Å². The van der Waals surface area contributed by atoms with E-state index in [2.05, 4.69) is 6.92 Å². The molecule has 2 nitrogen and oxygen atoms in total. The molecule has 0 saturated heterocycles. The Kier molecular flexibility index (Phi) is 14.4. The number of carboxylic acids is 1. The van der Waals surface area contributed by atoms with E-state index in [-0.39, 0.29) is 18.6 Å². The molecule has 0 atom stereocenters. The number of hydrogen-bond donors (Lipinski definition) is 1. The summed E-state index contributed by atoms with van der Waals surface area (Å²) in [4.78, 5) is 10.1. The molecule has 3 heteroatoms. The van der Waals surface area contributed by atoms with E-state index in [1.54, 1.807) is 0 Å². The van der Waals surface area contributed by atoms with E-state index in [0.29, 0.717) is 6.42 Å². The van der Waals surface area contributed by atoms with Crippen LogP contribution in [0.3, 0.4) is 0 Å². The predicted octanol–water partition coefficient (Wildman–Crippen LogP) is 3.21. The monoisotopic (exact) mass is 223 g/mol. The smallest absolute Gasteiger partial charge is 0.303 e. The zero-order valence-electron chi connectivity index (χ0n) is 8.46. The second kappa shape index (κ2) is 12.1. The fourth-order valence-corrected chi connectivity index (χ4v) is 1.23. The van der Waals surface area contributed by atoms with Crippen LogP contribution in [0.4, 0.5) is 0 Å². The van der Waals surface area contributed by atoms with Crippen molar-refractivity contribution in [3.63, 3.8) is 0 Å².